The van der Waals surface area contributed by atoms with Crippen LogP contribution in [0.3, 0.4) is 0 Å². The van der Waals surface area contributed by atoms with Gasteiger partial charge in [0.25, 0.3) is 20.2 Å². The van der Waals surface area contributed by atoms with Crippen LogP contribution in [0.5, 0.6) is 0 Å². The van der Waals surface area contributed by atoms with Gasteiger partial charge in [-0.25, -0.2) is 0 Å². The zero-order chi connectivity index (χ0) is 11.9. The minimum Gasteiger partial charge on any atom is -0.285 e. The first-order chi connectivity index (χ1) is 6.71. The van der Waals surface area contributed by atoms with Crippen LogP contribution < -0.4 is 0 Å². The maximum atomic E-state index is 9.66. The Kier molecular flexibility index (Phi) is 9.31. The third-order valence-electron chi connectivity index (χ3n) is 0.965. The smallest absolute Gasteiger partial charge is 0.281 e. The van der Waals surface area contributed by atoms with Crippen molar-refractivity contribution in [3.8, 4) is 0 Å². The van der Waals surface area contributed by atoms with Gasteiger partial charge in [-0.3, -0.25) is 9.11 Å². The monoisotopic (exact) mass is 456 g/mol. The first kappa shape index (κ1) is 18.3. The molecule has 1 aromatic carbocycles. The molecule has 9 heteroatoms. The second-order valence-corrected chi connectivity index (χ2v) is 5.71. The molecule has 0 fully saturated rings. The molecule has 0 aromatic heterocycles. The number of hydrogen-bond acceptors (Lipinski definition) is 4. The Bertz CT molecular complexity index is 410. The van der Waals surface area contributed by atoms with Gasteiger partial charge in [0.2, 0.25) is 5.08 Å². The van der Waals surface area contributed by atoms with Crippen LogP contribution in [0.15, 0.2) is 36.4 Å². The van der Waals surface area contributed by atoms with Crippen molar-refractivity contribution in [2.24, 2.45) is 0 Å². The minimum atomic E-state index is -4.62. The van der Waals surface area contributed by atoms with Crippen LogP contribution in [0.4, 0.5) is 0 Å². The van der Waals surface area contributed by atoms with E-state index >= 15 is 0 Å². The van der Waals surface area contributed by atoms with Gasteiger partial charge in [-0.1, -0.05) is 36.4 Å². The van der Waals surface area contributed by atoms with Crippen molar-refractivity contribution >= 4 is 20.2 Å². The molecule has 1 rings (SSSR count). The van der Waals surface area contributed by atoms with Crippen LogP contribution in [-0.2, 0) is 47.9 Å². The molecule has 6 nitrogen and oxygen atoms in total. The van der Waals surface area contributed by atoms with E-state index in [2.05, 4.69) is 0 Å². The van der Waals surface area contributed by atoms with Crippen molar-refractivity contribution in [1.82, 2.24) is 0 Å². The molecule has 0 saturated heterocycles. The summed E-state index contributed by atoms with van der Waals surface area (Å²) in [6.45, 7) is 0. The standard InChI is InChI=1S/C6H6.CH4O6S2.Hg/c1-2-4-6-5-3-1;2-8(3,4)1-9(5,6)7;/h1-6H;1H2,(H,2,3,4)(H,5,6,7);. The summed E-state index contributed by atoms with van der Waals surface area (Å²) < 4.78 is 54.2. The van der Waals surface area contributed by atoms with E-state index in [1.165, 1.54) is 0 Å². The molecule has 0 bridgehead atoms. The average Bonchev–Trinajstić information content (AvgIpc) is 2.01. The summed E-state index contributed by atoms with van der Waals surface area (Å²) in [6, 6.07) is 12.0. The summed E-state index contributed by atoms with van der Waals surface area (Å²) in [5.74, 6) is 0. The molecule has 0 spiro atoms. The van der Waals surface area contributed by atoms with Gasteiger partial charge in [0.05, 0.1) is 0 Å². The molecule has 0 radical (unpaired) electrons. The molecule has 16 heavy (non-hydrogen) atoms. The Hall–Kier alpha value is -0.0249. The van der Waals surface area contributed by atoms with E-state index in [0.717, 1.165) is 0 Å². The first-order valence-corrected chi connectivity index (χ1v) is 6.83. The van der Waals surface area contributed by atoms with Gasteiger partial charge in [-0.05, 0) is 0 Å². The molecule has 0 amide bonds. The van der Waals surface area contributed by atoms with Crippen LogP contribution in [0, 0.1) is 0 Å². The molecule has 0 saturated carbocycles. The summed E-state index contributed by atoms with van der Waals surface area (Å²) in [6.07, 6.45) is 0. The zero-order valence-electron chi connectivity index (χ0n) is 8.22. The molecule has 0 aliphatic heterocycles. The number of hydrogen-bond donors (Lipinski definition) is 2. The Labute approximate surface area is 115 Å². The molecule has 0 aliphatic rings. The molecule has 1 aromatic rings. The second-order valence-electron chi connectivity index (χ2n) is 2.44. The summed E-state index contributed by atoms with van der Waals surface area (Å²) >= 11 is 0. The van der Waals surface area contributed by atoms with Crippen molar-refractivity contribution < 1.29 is 53.6 Å². The van der Waals surface area contributed by atoms with Crippen molar-refractivity contribution in [1.29, 1.82) is 0 Å². The van der Waals surface area contributed by atoms with Crippen molar-refractivity contribution in [2.75, 3.05) is 5.08 Å². The minimum absolute atomic E-state index is 0. The molecular weight excluding hydrogens is 445 g/mol. The van der Waals surface area contributed by atoms with Gasteiger partial charge in [0, 0.05) is 27.7 Å². The van der Waals surface area contributed by atoms with Crippen LogP contribution >= 0.6 is 0 Å². The van der Waals surface area contributed by atoms with Crippen LogP contribution in [-0.4, -0.2) is 31.0 Å². The van der Waals surface area contributed by atoms with E-state index in [1.807, 2.05) is 36.4 Å². The normalized spacial score (nSPS) is 10.6. The fraction of sp³-hybridized carbons (Fsp3) is 0.143. The van der Waals surface area contributed by atoms with Gasteiger partial charge in [0.15, 0.2) is 0 Å². The summed E-state index contributed by atoms with van der Waals surface area (Å²) in [5.41, 5.74) is 0. The van der Waals surface area contributed by atoms with Gasteiger partial charge >= 0.3 is 0 Å². The van der Waals surface area contributed by atoms with Crippen molar-refractivity contribution in [3.05, 3.63) is 36.4 Å². The Morgan fingerprint density at radius 3 is 0.938 bits per heavy atom. The quantitative estimate of drug-likeness (QED) is 0.495. The Morgan fingerprint density at radius 2 is 0.875 bits per heavy atom. The summed E-state index contributed by atoms with van der Waals surface area (Å²) in [7, 11) is -9.24. The first-order valence-electron chi connectivity index (χ1n) is 3.61. The SMILES string of the molecule is O=S(=O)(O)CS(=O)(=O)O.[Hg].c1ccccc1. The van der Waals surface area contributed by atoms with E-state index in [9.17, 15) is 16.8 Å². The fourth-order valence-corrected chi connectivity index (χ4v) is 2.08. The van der Waals surface area contributed by atoms with Crippen molar-refractivity contribution in [2.45, 2.75) is 0 Å². The van der Waals surface area contributed by atoms with Gasteiger partial charge in [-0.15, -0.1) is 0 Å². The molecule has 0 heterocycles. The predicted octanol–water partition coefficient (Wildman–Crippen LogP) is 0.404. The van der Waals surface area contributed by atoms with Gasteiger partial charge < -0.3 is 0 Å². The summed E-state index contributed by atoms with van der Waals surface area (Å²) in [4.78, 5) is 0. The molecular formula is C7H10HgO6S2. The largest absolute Gasteiger partial charge is 0.285 e. The van der Waals surface area contributed by atoms with Crippen LogP contribution in [0.1, 0.15) is 0 Å². The second kappa shape index (κ2) is 8.12. The van der Waals surface area contributed by atoms with Crippen molar-refractivity contribution in [3.63, 3.8) is 0 Å². The number of rotatable bonds is 2. The molecule has 88 valence electrons. The average molecular weight is 455 g/mol. The van der Waals surface area contributed by atoms with E-state index in [1.54, 1.807) is 0 Å². The van der Waals surface area contributed by atoms with Crippen LogP contribution in [0.25, 0.3) is 0 Å². The molecule has 0 unspecified atom stereocenters. The van der Waals surface area contributed by atoms with Gasteiger partial charge in [0.1, 0.15) is 0 Å². The third-order valence-corrected chi connectivity index (χ3v) is 3.35. The maximum Gasteiger partial charge on any atom is 0.281 e. The fourth-order valence-electron chi connectivity index (χ4n) is 0.573. The van der Waals surface area contributed by atoms with Crippen LogP contribution in [0.2, 0.25) is 0 Å². The maximum absolute atomic E-state index is 9.66. The molecule has 2 N–H and O–H groups in total. The van der Waals surface area contributed by atoms with E-state index < -0.39 is 25.3 Å². The zero-order valence-corrected chi connectivity index (χ0v) is 15.4. The summed E-state index contributed by atoms with van der Waals surface area (Å²) in [5, 5.41) is -1.65. The predicted molar refractivity (Wildman–Crippen MR) is 54.4 cm³/mol. The topological polar surface area (TPSA) is 109 Å². The number of benzene rings is 1. The van der Waals surface area contributed by atoms with E-state index in [-0.39, 0.29) is 27.7 Å². The van der Waals surface area contributed by atoms with E-state index in [0.29, 0.717) is 0 Å². The van der Waals surface area contributed by atoms with E-state index in [4.69, 9.17) is 9.11 Å². The molecule has 0 atom stereocenters. The Balaban J connectivity index is 0. The third kappa shape index (κ3) is 16.4. The van der Waals surface area contributed by atoms with Gasteiger partial charge in [-0.2, -0.15) is 16.8 Å². The Morgan fingerprint density at radius 1 is 0.688 bits per heavy atom. The molecule has 0 aliphatic carbocycles.